The molecule has 2 aliphatic rings. The summed E-state index contributed by atoms with van der Waals surface area (Å²) in [5.41, 5.74) is 3.69. The van der Waals surface area contributed by atoms with Crippen molar-refractivity contribution in [3.8, 4) is 0 Å². The number of nitrogens with one attached hydrogen (secondary N) is 1. The van der Waals surface area contributed by atoms with Gasteiger partial charge in [-0.1, -0.05) is 12.1 Å². The van der Waals surface area contributed by atoms with Crippen LogP contribution in [0.2, 0.25) is 0 Å². The van der Waals surface area contributed by atoms with E-state index in [0.717, 1.165) is 42.5 Å². The van der Waals surface area contributed by atoms with Crippen molar-refractivity contribution in [1.82, 2.24) is 20.0 Å². The molecule has 148 valence electrons. The second-order valence-electron chi connectivity index (χ2n) is 7.54. The van der Waals surface area contributed by atoms with Crippen LogP contribution in [0.25, 0.3) is 0 Å². The maximum absolute atomic E-state index is 13.0. The normalized spacial score (nSPS) is 16.8. The molecule has 2 amide bonds. The Morgan fingerprint density at radius 3 is 2.43 bits per heavy atom. The zero-order valence-corrected chi connectivity index (χ0v) is 15.9. The van der Waals surface area contributed by atoms with Gasteiger partial charge in [-0.3, -0.25) is 14.7 Å². The Kier molecular flexibility index (Phi) is 5.41. The van der Waals surface area contributed by atoms with Gasteiger partial charge in [-0.2, -0.15) is 5.10 Å². The fraction of sp³-hybridized carbons (Fsp3) is 0.476. The van der Waals surface area contributed by atoms with Crippen LogP contribution in [-0.4, -0.2) is 58.0 Å². The van der Waals surface area contributed by atoms with Crippen molar-refractivity contribution in [3.05, 3.63) is 52.6 Å². The Hall–Kier alpha value is -2.70. The van der Waals surface area contributed by atoms with Gasteiger partial charge in [0.1, 0.15) is 5.82 Å². The Morgan fingerprint density at radius 2 is 1.68 bits per heavy atom. The highest BCUT2D eigenvalue weighted by atomic mass is 19.1. The lowest BCUT2D eigenvalue weighted by Gasteiger charge is -2.34. The van der Waals surface area contributed by atoms with Crippen molar-refractivity contribution in [2.75, 3.05) is 26.2 Å². The third-order valence-electron chi connectivity index (χ3n) is 5.72. The molecule has 6 nitrogen and oxygen atoms in total. The standard InChI is InChI=1S/C21H25FN4O2/c22-16-8-5-15(6-9-16)7-10-19(27)25-11-13-26(14-12-25)21(28)20-17-3-1-2-4-18(17)23-24-20/h5-6,8-9H,1-4,7,10-14H2,(H,23,24). The number of carbonyl (C=O) groups is 2. The second kappa shape index (κ2) is 8.12. The molecule has 1 saturated heterocycles. The average Bonchev–Trinajstić information content (AvgIpc) is 3.17. The number of amides is 2. The number of fused-ring (bicyclic) bond motifs is 1. The van der Waals surface area contributed by atoms with Crippen molar-refractivity contribution in [2.45, 2.75) is 38.5 Å². The monoisotopic (exact) mass is 384 g/mol. The molecule has 1 aliphatic heterocycles. The van der Waals surface area contributed by atoms with Gasteiger partial charge in [0.25, 0.3) is 5.91 Å². The molecule has 0 saturated carbocycles. The van der Waals surface area contributed by atoms with Crippen LogP contribution in [0.4, 0.5) is 4.39 Å². The average molecular weight is 384 g/mol. The van der Waals surface area contributed by atoms with Crippen LogP contribution in [0.3, 0.4) is 0 Å². The number of hydrogen-bond acceptors (Lipinski definition) is 3. The quantitative estimate of drug-likeness (QED) is 0.880. The maximum atomic E-state index is 13.0. The van der Waals surface area contributed by atoms with E-state index in [-0.39, 0.29) is 17.6 Å². The van der Waals surface area contributed by atoms with Crippen LogP contribution in [-0.2, 0) is 24.1 Å². The lowest BCUT2D eigenvalue weighted by atomic mass is 9.95. The summed E-state index contributed by atoms with van der Waals surface area (Å²) in [5, 5.41) is 7.30. The molecule has 1 aromatic carbocycles. The summed E-state index contributed by atoms with van der Waals surface area (Å²) < 4.78 is 13.0. The molecule has 4 rings (SSSR count). The molecule has 2 aromatic rings. The molecular formula is C21H25FN4O2. The summed E-state index contributed by atoms with van der Waals surface area (Å²) in [7, 11) is 0. The van der Waals surface area contributed by atoms with Crippen LogP contribution < -0.4 is 0 Å². The minimum absolute atomic E-state index is 0.0298. The summed E-state index contributed by atoms with van der Waals surface area (Å²) in [6.07, 6.45) is 5.11. The first kappa shape index (κ1) is 18.7. The van der Waals surface area contributed by atoms with Crippen LogP contribution in [0.1, 0.15) is 46.6 Å². The van der Waals surface area contributed by atoms with Gasteiger partial charge in [0.05, 0.1) is 0 Å². The number of H-pyrrole nitrogens is 1. The van der Waals surface area contributed by atoms with E-state index in [4.69, 9.17) is 0 Å². The largest absolute Gasteiger partial charge is 0.339 e. The SMILES string of the molecule is O=C(CCc1ccc(F)cc1)N1CCN(C(=O)c2n[nH]c3c2CCCC3)CC1. The molecule has 1 aliphatic carbocycles. The van der Waals surface area contributed by atoms with Crippen molar-refractivity contribution in [2.24, 2.45) is 0 Å². The zero-order valence-electron chi connectivity index (χ0n) is 15.9. The number of nitrogens with zero attached hydrogens (tertiary/aromatic N) is 3. The Morgan fingerprint density at radius 1 is 1.00 bits per heavy atom. The number of carbonyl (C=O) groups excluding carboxylic acids is 2. The molecule has 0 radical (unpaired) electrons. The van der Waals surface area contributed by atoms with E-state index in [1.165, 1.54) is 12.1 Å². The van der Waals surface area contributed by atoms with E-state index < -0.39 is 0 Å². The van der Waals surface area contributed by atoms with Gasteiger partial charge in [0.2, 0.25) is 5.91 Å². The van der Waals surface area contributed by atoms with Crippen molar-refractivity contribution in [3.63, 3.8) is 0 Å². The summed E-state index contributed by atoms with van der Waals surface area (Å²) in [6.45, 7) is 2.15. The lowest BCUT2D eigenvalue weighted by Crippen LogP contribution is -2.50. The molecule has 1 fully saturated rings. The number of halogens is 1. The fourth-order valence-corrected chi connectivity index (χ4v) is 4.03. The van der Waals surface area contributed by atoms with Crippen molar-refractivity contribution in [1.29, 1.82) is 0 Å². The predicted molar refractivity (Wildman–Crippen MR) is 102 cm³/mol. The molecular weight excluding hydrogens is 359 g/mol. The topological polar surface area (TPSA) is 69.3 Å². The smallest absolute Gasteiger partial charge is 0.274 e. The van der Waals surface area contributed by atoms with E-state index >= 15 is 0 Å². The number of aromatic amines is 1. The predicted octanol–water partition coefficient (Wildman–Crippen LogP) is 2.34. The highest BCUT2D eigenvalue weighted by Gasteiger charge is 2.29. The van der Waals surface area contributed by atoms with E-state index in [1.807, 2.05) is 4.90 Å². The summed E-state index contributed by atoms with van der Waals surface area (Å²) in [4.78, 5) is 28.9. The van der Waals surface area contributed by atoms with Crippen LogP contribution >= 0.6 is 0 Å². The number of hydrogen-bond donors (Lipinski definition) is 1. The highest BCUT2D eigenvalue weighted by Crippen LogP contribution is 2.23. The molecule has 7 heteroatoms. The van der Waals surface area contributed by atoms with E-state index in [1.54, 1.807) is 17.0 Å². The number of aromatic nitrogens is 2. The third kappa shape index (κ3) is 3.93. The van der Waals surface area contributed by atoms with Crippen molar-refractivity contribution < 1.29 is 14.0 Å². The number of rotatable bonds is 4. The fourth-order valence-electron chi connectivity index (χ4n) is 4.03. The lowest BCUT2D eigenvalue weighted by molar-refractivity contribution is -0.132. The van der Waals surface area contributed by atoms with Crippen LogP contribution in [0.15, 0.2) is 24.3 Å². The Balaban J connectivity index is 1.29. The van der Waals surface area contributed by atoms with E-state index in [9.17, 15) is 14.0 Å². The molecule has 1 N–H and O–H groups in total. The first-order valence-corrected chi connectivity index (χ1v) is 9.99. The van der Waals surface area contributed by atoms with E-state index in [0.29, 0.717) is 44.7 Å². The van der Waals surface area contributed by atoms with Gasteiger partial charge in [0, 0.05) is 43.9 Å². The van der Waals surface area contributed by atoms with Crippen molar-refractivity contribution >= 4 is 11.8 Å². The van der Waals surface area contributed by atoms with Gasteiger partial charge in [-0.15, -0.1) is 0 Å². The van der Waals surface area contributed by atoms with Crippen LogP contribution in [0, 0.1) is 5.82 Å². The van der Waals surface area contributed by atoms with Gasteiger partial charge < -0.3 is 9.80 Å². The third-order valence-corrected chi connectivity index (χ3v) is 5.72. The summed E-state index contributed by atoms with van der Waals surface area (Å²) in [5.74, 6) is -0.222. The number of benzene rings is 1. The summed E-state index contributed by atoms with van der Waals surface area (Å²) in [6, 6.07) is 6.25. The van der Waals surface area contributed by atoms with Gasteiger partial charge in [-0.25, -0.2) is 4.39 Å². The van der Waals surface area contributed by atoms with Gasteiger partial charge in [0.15, 0.2) is 5.69 Å². The van der Waals surface area contributed by atoms with Gasteiger partial charge >= 0.3 is 0 Å². The molecule has 0 unspecified atom stereocenters. The molecule has 0 spiro atoms. The minimum atomic E-state index is -0.269. The first-order chi connectivity index (χ1) is 13.6. The number of aryl methyl sites for hydroxylation is 2. The van der Waals surface area contributed by atoms with Crippen LogP contribution in [0.5, 0.6) is 0 Å². The van der Waals surface area contributed by atoms with Gasteiger partial charge in [-0.05, 0) is 49.8 Å². The summed E-state index contributed by atoms with van der Waals surface area (Å²) >= 11 is 0. The number of piperazine rings is 1. The first-order valence-electron chi connectivity index (χ1n) is 9.99. The minimum Gasteiger partial charge on any atom is -0.339 e. The zero-order chi connectivity index (χ0) is 19.5. The Bertz CT molecular complexity index is 854. The second-order valence-corrected chi connectivity index (χ2v) is 7.54. The maximum Gasteiger partial charge on any atom is 0.274 e. The molecule has 0 atom stereocenters. The van der Waals surface area contributed by atoms with E-state index in [2.05, 4.69) is 10.2 Å². The molecule has 28 heavy (non-hydrogen) atoms. The Labute approximate surface area is 163 Å². The molecule has 0 bridgehead atoms. The highest BCUT2D eigenvalue weighted by molar-refractivity contribution is 5.94. The molecule has 1 aromatic heterocycles. The molecule has 2 heterocycles.